The zero-order valence-electron chi connectivity index (χ0n) is 15.0. The van der Waals surface area contributed by atoms with E-state index < -0.39 is 0 Å². The van der Waals surface area contributed by atoms with Crippen LogP contribution in [0, 0.1) is 0 Å². The maximum atomic E-state index is 11.3. The van der Waals surface area contributed by atoms with E-state index in [1.807, 2.05) is 27.7 Å². The number of hydrogen-bond donors (Lipinski definition) is 0. The summed E-state index contributed by atoms with van der Waals surface area (Å²) in [5.41, 5.74) is 0. The van der Waals surface area contributed by atoms with Crippen LogP contribution in [0.5, 0.6) is 0 Å². The smallest absolute Gasteiger partial charge is 0.158 e. The van der Waals surface area contributed by atoms with Gasteiger partial charge in [0.15, 0.2) is 5.78 Å². The van der Waals surface area contributed by atoms with Crippen molar-refractivity contribution in [2.75, 3.05) is 26.4 Å². The molecule has 0 aromatic heterocycles. The third-order valence-corrected chi connectivity index (χ3v) is 2.96. The van der Waals surface area contributed by atoms with Crippen LogP contribution < -0.4 is 0 Å². The molecule has 0 saturated carbocycles. The number of ether oxygens (including phenoxy) is 4. The van der Waals surface area contributed by atoms with Crippen LogP contribution in [0.15, 0.2) is 25.0 Å². The van der Waals surface area contributed by atoms with E-state index in [0.29, 0.717) is 32.0 Å². The summed E-state index contributed by atoms with van der Waals surface area (Å²) in [5.74, 6) is 0.667. The Balaban J connectivity index is 3.71. The lowest BCUT2D eigenvalue weighted by molar-refractivity contribution is -0.125. The van der Waals surface area contributed by atoms with E-state index in [0.717, 1.165) is 6.42 Å². The molecule has 0 rings (SSSR count). The van der Waals surface area contributed by atoms with Crippen LogP contribution in [-0.4, -0.2) is 50.5 Å². The molecular weight excluding hydrogens is 296 g/mol. The highest BCUT2D eigenvalue weighted by Crippen LogP contribution is 2.04. The lowest BCUT2D eigenvalue weighted by Gasteiger charge is -2.20. The maximum Gasteiger partial charge on any atom is 0.158 e. The van der Waals surface area contributed by atoms with Crippen LogP contribution >= 0.6 is 0 Å². The van der Waals surface area contributed by atoms with Gasteiger partial charge in [0.1, 0.15) is 18.5 Å². The number of carbonyl (C=O) groups is 1. The Kier molecular flexibility index (Phi) is 12.6. The summed E-state index contributed by atoms with van der Waals surface area (Å²) in [7, 11) is 0. The van der Waals surface area contributed by atoms with Crippen LogP contribution in [0.3, 0.4) is 0 Å². The first-order valence-corrected chi connectivity index (χ1v) is 8.19. The molecule has 0 aliphatic heterocycles. The van der Waals surface area contributed by atoms with Crippen molar-refractivity contribution in [3.05, 3.63) is 25.0 Å². The van der Waals surface area contributed by atoms with Gasteiger partial charge in [-0.3, -0.25) is 4.79 Å². The average Bonchev–Trinajstić information content (AvgIpc) is 2.51. The van der Waals surface area contributed by atoms with Gasteiger partial charge in [-0.25, -0.2) is 0 Å². The number of ketones is 1. The predicted molar refractivity (Wildman–Crippen MR) is 91.4 cm³/mol. The number of allylic oxidation sites excluding steroid dienone is 1. The largest absolute Gasteiger partial charge is 0.489 e. The van der Waals surface area contributed by atoms with Crippen molar-refractivity contribution in [2.24, 2.45) is 0 Å². The van der Waals surface area contributed by atoms with E-state index in [1.165, 1.54) is 0 Å². The lowest BCUT2D eigenvalue weighted by atomic mass is 10.2. The summed E-state index contributed by atoms with van der Waals surface area (Å²) in [6.07, 6.45) is 2.76. The molecule has 0 radical (unpaired) electrons. The zero-order valence-corrected chi connectivity index (χ0v) is 15.0. The van der Waals surface area contributed by atoms with Crippen molar-refractivity contribution in [1.82, 2.24) is 0 Å². The van der Waals surface area contributed by atoms with E-state index in [2.05, 4.69) is 13.2 Å². The van der Waals surface area contributed by atoms with Gasteiger partial charge >= 0.3 is 0 Å². The van der Waals surface area contributed by atoms with Crippen LogP contribution in [0.1, 0.15) is 40.5 Å². The first kappa shape index (κ1) is 21.8. The molecule has 0 saturated heterocycles. The van der Waals surface area contributed by atoms with E-state index >= 15 is 0 Å². The lowest BCUT2D eigenvalue weighted by Crippen LogP contribution is -2.27. The fraction of sp³-hybridized carbons (Fsp3) is 0.722. The van der Waals surface area contributed by atoms with Gasteiger partial charge in [0.25, 0.3) is 0 Å². The molecule has 3 unspecified atom stereocenters. The Hall–Kier alpha value is -1.17. The van der Waals surface area contributed by atoms with Gasteiger partial charge in [0.2, 0.25) is 0 Å². The van der Waals surface area contributed by atoms with Gasteiger partial charge in [-0.2, -0.15) is 0 Å². The molecule has 0 spiro atoms. The van der Waals surface area contributed by atoms with Crippen LogP contribution in [0.4, 0.5) is 0 Å². The third kappa shape index (κ3) is 13.0. The van der Waals surface area contributed by atoms with E-state index in [4.69, 9.17) is 18.9 Å². The van der Waals surface area contributed by atoms with E-state index in [1.54, 1.807) is 6.08 Å². The summed E-state index contributed by atoms with van der Waals surface area (Å²) < 4.78 is 22.1. The monoisotopic (exact) mass is 328 g/mol. The number of carbonyl (C=O) groups excluding carboxylic acids is 1. The van der Waals surface area contributed by atoms with Crippen molar-refractivity contribution in [2.45, 2.75) is 58.8 Å². The fourth-order valence-corrected chi connectivity index (χ4v) is 1.73. The Morgan fingerprint density at radius 1 is 1.04 bits per heavy atom. The Morgan fingerprint density at radius 3 is 2.17 bits per heavy atom. The molecule has 134 valence electrons. The second-order valence-electron chi connectivity index (χ2n) is 5.69. The van der Waals surface area contributed by atoms with Crippen molar-refractivity contribution < 1.29 is 23.7 Å². The number of rotatable bonds is 15. The molecule has 5 nitrogen and oxygen atoms in total. The fourth-order valence-electron chi connectivity index (χ4n) is 1.73. The van der Waals surface area contributed by atoms with Gasteiger partial charge in [-0.1, -0.05) is 20.1 Å². The molecule has 0 heterocycles. The molecule has 0 fully saturated rings. The summed E-state index contributed by atoms with van der Waals surface area (Å²) in [6, 6.07) is 0. The highest BCUT2D eigenvalue weighted by Gasteiger charge is 2.11. The zero-order chi connectivity index (χ0) is 17.7. The minimum absolute atomic E-state index is 0.0535. The number of hydrogen-bond acceptors (Lipinski definition) is 5. The van der Waals surface area contributed by atoms with E-state index in [-0.39, 0.29) is 30.7 Å². The quantitative estimate of drug-likeness (QED) is 0.341. The van der Waals surface area contributed by atoms with Gasteiger partial charge in [-0.15, -0.1) is 0 Å². The summed E-state index contributed by atoms with van der Waals surface area (Å²) in [5, 5.41) is 0. The molecule has 23 heavy (non-hydrogen) atoms. The second kappa shape index (κ2) is 13.3. The van der Waals surface area contributed by atoms with Crippen molar-refractivity contribution in [3.63, 3.8) is 0 Å². The van der Waals surface area contributed by atoms with Crippen LogP contribution in [0.2, 0.25) is 0 Å². The summed E-state index contributed by atoms with van der Waals surface area (Å²) >= 11 is 0. The Morgan fingerprint density at radius 2 is 1.61 bits per heavy atom. The first-order valence-electron chi connectivity index (χ1n) is 8.19. The molecule has 0 amide bonds. The maximum absolute atomic E-state index is 11.3. The third-order valence-electron chi connectivity index (χ3n) is 2.96. The summed E-state index contributed by atoms with van der Waals surface area (Å²) in [4.78, 5) is 11.3. The molecule has 0 bridgehead atoms. The molecule has 5 heteroatoms. The Bertz CT molecular complexity index is 353. The molecule has 0 aliphatic rings. The molecule has 0 aromatic carbocycles. The van der Waals surface area contributed by atoms with Crippen molar-refractivity contribution >= 4 is 5.78 Å². The molecular formula is C18H32O5. The summed E-state index contributed by atoms with van der Waals surface area (Å²) in [6.45, 7) is 16.5. The topological polar surface area (TPSA) is 54.0 Å². The van der Waals surface area contributed by atoms with E-state index in [9.17, 15) is 4.79 Å². The van der Waals surface area contributed by atoms with Gasteiger partial charge in [-0.05, 0) is 33.3 Å². The van der Waals surface area contributed by atoms with Gasteiger partial charge in [0, 0.05) is 6.42 Å². The highest BCUT2D eigenvalue weighted by atomic mass is 16.6. The molecule has 0 aliphatic carbocycles. The predicted octanol–water partition coefficient (Wildman–Crippen LogP) is 3.29. The van der Waals surface area contributed by atoms with Gasteiger partial charge < -0.3 is 18.9 Å². The van der Waals surface area contributed by atoms with Crippen molar-refractivity contribution in [3.8, 4) is 0 Å². The molecule has 3 atom stereocenters. The van der Waals surface area contributed by atoms with Crippen LogP contribution in [0.25, 0.3) is 0 Å². The SMILES string of the molecule is C=CC(=C)OC(C)COC(C)COC(C)COCC(=O)CCC. The number of Topliss-reactive ketones (excluding diaryl/α,β-unsaturated/α-hetero) is 1. The average molecular weight is 328 g/mol. The first-order chi connectivity index (χ1) is 10.9. The molecule has 0 aromatic rings. The highest BCUT2D eigenvalue weighted by molar-refractivity contribution is 5.79. The molecule has 0 N–H and O–H groups in total. The normalized spacial score (nSPS) is 14.8. The minimum Gasteiger partial charge on any atom is -0.489 e. The van der Waals surface area contributed by atoms with Crippen molar-refractivity contribution in [1.29, 1.82) is 0 Å². The van der Waals surface area contributed by atoms with Gasteiger partial charge in [0.05, 0.1) is 32.0 Å². The standard InChI is InChI=1S/C18H32O5/c1-7-9-18(19)13-20-10-15(4)21-11-16(5)22-12-17(6)23-14(3)8-2/h8,15-17H,2-3,7,9-13H2,1,4-6H3. The van der Waals surface area contributed by atoms with Crippen LogP contribution in [-0.2, 0) is 23.7 Å². The Labute approximate surface area is 140 Å². The second-order valence-corrected chi connectivity index (χ2v) is 5.69. The minimum atomic E-state index is -0.0896.